The van der Waals surface area contributed by atoms with Gasteiger partial charge in [0, 0.05) is 29.5 Å². The molecule has 2 aliphatic rings. The van der Waals surface area contributed by atoms with Crippen molar-refractivity contribution in [2.45, 2.75) is 38.4 Å². The zero-order valence-electron chi connectivity index (χ0n) is 12.9. The molecule has 1 unspecified atom stereocenters. The Bertz CT molecular complexity index is 588. The average Bonchev–Trinajstić information content (AvgIpc) is 2.92. The highest BCUT2D eigenvalue weighted by Gasteiger charge is 2.56. The van der Waals surface area contributed by atoms with Crippen LogP contribution < -0.4 is 0 Å². The highest BCUT2D eigenvalue weighted by atomic mass is 32.1. The van der Waals surface area contributed by atoms with E-state index in [1.165, 1.54) is 43.1 Å². The second kappa shape index (κ2) is 6.00. The van der Waals surface area contributed by atoms with Crippen LogP contribution in [0.1, 0.15) is 30.0 Å². The second-order valence-corrected chi connectivity index (χ2v) is 8.38. The van der Waals surface area contributed by atoms with Crippen LogP contribution >= 0.6 is 22.7 Å². The fourth-order valence-corrected chi connectivity index (χ4v) is 5.07. The summed E-state index contributed by atoms with van der Waals surface area (Å²) >= 11 is 3.46. The maximum atomic E-state index is 4.42. The minimum Gasteiger partial charge on any atom is -0.297 e. The van der Waals surface area contributed by atoms with Gasteiger partial charge >= 0.3 is 0 Å². The summed E-state index contributed by atoms with van der Waals surface area (Å²) < 4.78 is 0. The van der Waals surface area contributed by atoms with Gasteiger partial charge in [-0.05, 0) is 44.8 Å². The maximum Gasteiger partial charge on any atom is 0.107 e. The molecule has 0 amide bonds. The van der Waals surface area contributed by atoms with Crippen molar-refractivity contribution in [1.29, 1.82) is 0 Å². The first-order chi connectivity index (χ1) is 10.8. The molecular weight excluding hydrogens is 312 g/mol. The minimum absolute atomic E-state index is 0.588. The third-order valence-electron chi connectivity index (χ3n) is 5.27. The van der Waals surface area contributed by atoms with Crippen LogP contribution in [0.4, 0.5) is 0 Å². The van der Waals surface area contributed by atoms with E-state index in [4.69, 9.17) is 0 Å². The monoisotopic (exact) mass is 334 g/mol. The molecule has 2 aromatic heterocycles. The summed E-state index contributed by atoms with van der Waals surface area (Å²) in [6.45, 7) is 4.48. The molecule has 4 rings (SSSR count). The van der Waals surface area contributed by atoms with Gasteiger partial charge in [0.2, 0.25) is 0 Å². The van der Waals surface area contributed by atoms with E-state index in [9.17, 15) is 0 Å². The first kappa shape index (κ1) is 14.8. The lowest BCUT2D eigenvalue weighted by molar-refractivity contribution is 0.138. The summed E-state index contributed by atoms with van der Waals surface area (Å²) in [5, 5.41) is 5.49. The van der Waals surface area contributed by atoms with Gasteiger partial charge in [0.05, 0.1) is 17.7 Å². The van der Waals surface area contributed by atoms with Crippen LogP contribution in [-0.2, 0) is 13.1 Å². The van der Waals surface area contributed by atoms with Crippen molar-refractivity contribution in [3.05, 3.63) is 33.2 Å². The normalized spacial score (nSPS) is 24.2. The van der Waals surface area contributed by atoms with Gasteiger partial charge in [0.1, 0.15) is 5.01 Å². The molecule has 1 atom stereocenters. The summed E-state index contributed by atoms with van der Waals surface area (Å²) in [6.07, 6.45) is 5.96. The molecule has 1 saturated carbocycles. The predicted molar refractivity (Wildman–Crippen MR) is 91.0 cm³/mol. The standard InChI is InChI=1S/C16H22N4S2/c1-19(10-15-17-4-7-22-15)14-8-16(14)2-5-20(6-3-16)9-13-11-21-12-18-13/h4,7,11-12,14H,2-3,5-6,8-10H2,1H3. The van der Waals surface area contributed by atoms with E-state index in [0.717, 1.165) is 19.1 Å². The molecule has 1 saturated heterocycles. The quantitative estimate of drug-likeness (QED) is 0.841. The molecule has 0 bridgehead atoms. The lowest BCUT2D eigenvalue weighted by atomic mass is 9.92. The number of nitrogens with zero attached hydrogens (tertiary/aromatic N) is 4. The van der Waals surface area contributed by atoms with E-state index in [2.05, 4.69) is 37.6 Å². The predicted octanol–water partition coefficient (Wildman–Crippen LogP) is 3.09. The zero-order valence-corrected chi connectivity index (χ0v) is 14.6. The zero-order chi connectivity index (χ0) is 15.0. The lowest BCUT2D eigenvalue weighted by Crippen LogP contribution is -2.37. The number of rotatable bonds is 5. The molecule has 0 N–H and O–H groups in total. The number of likely N-dealkylation sites (tertiary alicyclic amines) is 1. The van der Waals surface area contributed by atoms with Crippen LogP contribution in [0.2, 0.25) is 0 Å². The van der Waals surface area contributed by atoms with Crippen LogP contribution in [0.15, 0.2) is 22.5 Å². The van der Waals surface area contributed by atoms with Gasteiger partial charge in [-0.25, -0.2) is 9.97 Å². The van der Waals surface area contributed by atoms with Crippen LogP contribution in [0, 0.1) is 5.41 Å². The van der Waals surface area contributed by atoms with Crippen LogP contribution in [-0.4, -0.2) is 45.9 Å². The van der Waals surface area contributed by atoms with E-state index < -0.39 is 0 Å². The molecule has 2 fully saturated rings. The van der Waals surface area contributed by atoms with Crippen molar-refractivity contribution in [2.75, 3.05) is 20.1 Å². The summed E-state index contributed by atoms with van der Waals surface area (Å²) in [5.74, 6) is 0. The van der Waals surface area contributed by atoms with Crippen LogP contribution in [0.3, 0.4) is 0 Å². The minimum atomic E-state index is 0.588. The van der Waals surface area contributed by atoms with Crippen molar-refractivity contribution in [3.8, 4) is 0 Å². The Labute approximate surface area is 139 Å². The molecule has 22 heavy (non-hydrogen) atoms. The molecule has 1 spiro atoms. The highest BCUT2D eigenvalue weighted by Crippen LogP contribution is 2.56. The fourth-order valence-electron chi connectivity index (χ4n) is 3.84. The number of thiazole rings is 2. The molecule has 1 aliphatic carbocycles. The van der Waals surface area contributed by atoms with Gasteiger partial charge in [-0.3, -0.25) is 9.80 Å². The van der Waals surface area contributed by atoms with Crippen molar-refractivity contribution < 1.29 is 0 Å². The number of aromatic nitrogens is 2. The largest absolute Gasteiger partial charge is 0.297 e. The molecule has 0 radical (unpaired) electrons. The number of hydrogen-bond acceptors (Lipinski definition) is 6. The summed E-state index contributed by atoms with van der Waals surface area (Å²) in [6, 6.07) is 0.762. The highest BCUT2D eigenvalue weighted by molar-refractivity contribution is 7.09. The molecule has 1 aliphatic heterocycles. The van der Waals surface area contributed by atoms with Gasteiger partial charge in [-0.2, -0.15) is 0 Å². The van der Waals surface area contributed by atoms with Crippen LogP contribution in [0.25, 0.3) is 0 Å². The first-order valence-corrected chi connectivity index (χ1v) is 9.75. The Balaban J connectivity index is 1.29. The van der Waals surface area contributed by atoms with Gasteiger partial charge in [-0.1, -0.05) is 0 Å². The Morgan fingerprint density at radius 2 is 2.23 bits per heavy atom. The summed E-state index contributed by atoms with van der Waals surface area (Å²) in [7, 11) is 2.27. The Kier molecular flexibility index (Phi) is 4.02. The average molecular weight is 335 g/mol. The molecular formula is C16H22N4S2. The fraction of sp³-hybridized carbons (Fsp3) is 0.625. The Morgan fingerprint density at radius 3 is 2.91 bits per heavy atom. The second-order valence-electron chi connectivity index (χ2n) is 6.68. The summed E-state index contributed by atoms with van der Waals surface area (Å²) in [5.41, 5.74) is 3.75. The molecule has 3 heterocycles. The van der Waals surface area contributed by atoms with E-state index in [0.29, 0.717) is 5.41 Å². The van der Waals surface area contributed by atoms with Gasteiger partial charge in [-0.15, -0.1) is 22.7 Å². The molecule has 0 aromatic carbocycles. The topological polar surface area (TPSA) is 32.3 Å². The number of hydrogen-bond donors (Lipinski definition) is 0. The molecule has 4 nitrogen and oxygen atoms in total. The van der Waals surface area contributed by atoms with Crippen molar-refractivity contribution in [3.63, 3.8) is 0 Å². The smallest absolute Gasteiger partial charge is 0.107 e. The first-order valence-electron chi connectivity index (χ1n) is 7.93. The van der Waals surface area contributed by atoms with E-state index in [-0.39, 0.29) is 0 Å². The van der Waals surface area contributed by atoms with Crippen molar-refractivity contribution >= 4 is 22.7 Å². The van der Waals surface area contributed by atoms with Gasteiger partial charge < -0.3 is 0 Å². The van der Waals surface area contributed by atoms with Gasteiger partial charge in [0.15, 0.2) is 0 Å². The van der Waals surface area contributed by atoms with E-state index in [1.807, 2.05) is 11.7 Å². The summed E-state index contributed by atoms with van der Waals surface area (Å²) in [4.78, 5) is 13.9. The van der Waals surface area contributed by atoms with Crippen molar-refractivity contribution in [2.24, 2.45) is 5.41 Å². The molecule has 118 valence electrons. The molecule has 2 aromatic rings. The van der Waals surface area contributed by atoms with E-state index in [1.54, 1.807) is 22.7 Å². The van der Waals surface area contributed by atoms with Gasteiger partial charge in [0.25, 0.3) is 0 Å². The SMILES string of the molecule is CN(Cc1nccs1)C1CC12CCN(Cc1cscn1)CC2. The molecule has 6 heteroatoms. The van der Waals surface area contributed by atoms with E-state index >= 15 is 0 Å². The number of piperidine rings is 1. The Hall–Kier alpha value is -0.820. The van der Waals surface area contributed by atoms with Crippen molar-refractivity contribution in [1.82, 2.24) is 19.8 Å². The third-order valence-corrected chi connectivity index (χ3v) is 6.67. The van der Waals surface area contributed by atoms with Crippen LogP contribution in [0.5, 0.6) is 0 Å². The maximum absolute atomic E-state index is 4.42. The Morgan fingerprint density at radius 1 is 1.36 bits per heavy atom. The third kappa shape index (κ3) is 2.97. The lowest BCUT2D eigenvalue weighted by Gasteiger charge is -2.33.